The van der Waals surface area contributed by atoms with Crippen molar-refractivity contribution in [1.29, 1.82) is 0 Å². The molecule has 4 bridgehead atoms. The summed E-state index contributed by atoms with van der Waals surface area (Å²) in [4.78, 5) is 52.2. The summed E-state index contributed by atoms with van der Waals surface area (Å²) in [6.07, 6.45) is 1.39. The molecule has 0 aromatic carbocycles. The van der Waals surface area contributed by atoms with E-state index in [1.807, 2.05) is 11.9 Å². The molecule has 5 aliphatic rings. The molecule has 26 heavy (non-hydrogen) atoms. The van der Waals surface area contributed by atoms with E-state index >= 15 is 0 Å². The minimum absolute atomic E-state index is 0.202. The van der Waals surface area contributed by atoms with Crippen LogP contribution in [-0.4, -0.2) is 34.5 Å². The van der Waals surface area contributed by atoms with Gasteiger partial charge in [0.25, 0.3) is 0 Å². The van der Waals surface area contributed by atoms with Crippen molar-refractivity contribution in [2.75, 3.05) is 11.6 Å². The number of nitrogens with zero attached hydrogens (tertiary/aromatic N) is 7. The highest BCUT2D eigenvalue weighted by molar-refractivity contribution is 5.46. The molecule has 0 amide bonds. The third kappa shape index (κ3) is 1.06. The molecular weight excluding hydrogens is 342 g/mol. The number of hydrogen-bond acceptors (Lipinski definition) is 5. The lowest BCUT2D eigenvalue weighted by Gasteiger charge is -2.50. The van der Waals surface area contributed by atoms with Crippen LogP contribution in [-0.2, 0) is 19.6 Å². The van der Waals surface area contributed by atoms with Crippen LogP contribution in [0.15, 0.2) is 30.4 Å². The van der Waals surface area contributed by atoms with Crippen molar-refractivity contribution in [2.45, 2.75) is 37.4 Å². The van der Waals surface area contributed by atoms with Crippen LogP contribution in [0.5, 0.6) is 0 Å². The van der Waals surface area contributed by atoms with E-state index in [1.54, 1.807) is 9.36 Å². The molecule has 4 aliphatic heterocycles. The second kappa shape index (κ2) is 3.74. The Morgan fingerprint density at radius 3 is 2.31 bits per heavy atom. The summed E-state index contributed by atoms with van der Waals surface area (Å²) in [5.74, 6) is 0. The maximum Gasteiger partial charge on any atom is 0.366 e. The Balaban J connectivity index is 1.81. The van der Waals surface area contributed by atoms with Gasteiger partial charge in [-0.2, -0.15) is 0 Å². The first kappa shape index (κ1) is 14.2. The lowest BCUT2D eigenvalue weighted by Crippen LogP contribution is -2.61. The summed E-state index contributed by atoms with van der Waals surface area (Å²) in [5, 5.41) is 1.82. The van der Waals surface area contributed by atoms with E-state index in [4.69, 9.17) is 0 Å². The highest BCUT2D eigenvalue weighted by atomic mass is 16.2. The fraction of sp³-hybridized carbons (Fsp3) is 0.600. The average Bonchev–Trinajstić information content (AvgIpc) is 3.30. The molecule has 1 fully saturated rings. The topological polar surface area (TPSA) is 101 Å². The van der Waals surface area contributed by atoms with E-state index < -0.39 is 23.0 Å². The SMILES string of the molecule is CC1=C2N3C[C@@H](n4c(=O)n(C)c(=O)n43)C23CCC1n1c(=O)n(C)c(=O)n13. The normalized spacial score (nSPS) is 30.2. The Morgan fingerprint density at radius 1 is 0.923 bits per heavy atom. The monoisotopic (exact) mass is 359 g/mol. The van der Waals surface area contributed by atoms with Gasteiger partial charge in [0.1, 0.15) is 11.6 Å². The average molecular weight is 359 g/mol. The second-order valence-corrected chi connectivity index (χ2v) is 7.65. The molecule has 0 saturated carbocycles. The minimum atomic E-state index is -0.798. The van der Waals surface area contributed by atoms with E-state index in [0.717, 1.165) is 26.8 Å². The highest BCUT2D eigenvalue weighted by Crippen LogP contribution is 2.58. The molecule has 1 spiro atoms. The fourth-order valence-corrected chi connectivity index (χ4v) is 5.67. The van der Waals surface area contributed by atoms with E-state index in [1.165, 1.54) is 23.6 Å². The molecule has 2 aromatic rings. The number of aromatic nitrogens is 6. The summed E-state index contributed by atoms with van der Waals surface area (Å²) in [5.41, 5.74) is -0.441. The largest absolute Gasteiger partial charge is 0.366 e. The van der Waals surface area contributed by atoms with Crippen LogP contribution in [0.4, 0.5) is 0 Å². The summed E-state index contributed by atoms with van der Waals surface area (Å²) in [6.45, 7) is 2.40. The van der Waals surface area contributed by atoms with Gasteiger partial charge in [-0.1, -0.05) is 0 Å². The van der Waals surface area contributed by atoms with Gasteiger partial charge < -0.3 is 0 Å². The van der Waals surface area contributed by atoms with Gasteiger partial charge in [-0.05, 0) is 25.3 Å². The van der Waals surface area contributed by atoms with Gasteiger partial charge in [0, 0.05) is 14.1 Å². The first-order valence-electron chi connectivity index (χ1n) is 8.63. The molecule has 1 saturated heterocycles. The van der Waals surface area contributed by atoms with Crippen LogP contribution in [0.3, 0.4) is 0 Å². The molecule has 2 unspecified atom stereocenters. The van der Waals surface area contributed by atoms with Gasteiger partial charge >= 0.3 is 22.8 Å². The molecule has 0 N–H and O–H groups in total. The van der Waals surface area contributed by atoms with Crippen molar-refractivity contribution in [2.24, 2.45) is 14.1 Å². The van der Waals surface area contributed by atoms with Crippen molar-refractivity contribution in [3.8, 4) is 0 Å². The van der Waals surface area contributed by atoms with Crippen molar-refractivity contribution < 1.29 is 0 Å². The van der Waals surface area contributed by atoms with Crippen LogP contribution in [0.2, 0.25) is 0 Å². The van der Waals surface area contributed by atoms with Crippen molar-refractivity contribution in [1.82, 2.24) is 28.0 Å². The van der Waals surface area contributed by atoms with Gasteiger partial charge in [0.15, 0.2) is 0 Å². The molecule has 6 heterocycles. The zero-order valence-electron chi connectivity index (χ0n) is 14.5. The third-order valence-electron chi connectivity index (χ3n) is 6.75. The fourth-order valence-electron chi connectivity index (χ4n) is 5.67. The maximum atomic E-state index is 12.9. The van der Waals surface area contributed by atoms with Crippen molar-refractivity contribution >= 4 is 0 Å². The van der Waals surface area contributed by atoms with E-state index in [2.05, 4.69) is 0 Å². The van der Waals surface area contributed by atoms with Crippen molar-refractivity contribution in [3.05, 3.63) is 53.2 Å². The van der Waals surface area contributed by atoms with E-state index in [-0.39, 0.29) is 17.4 Å². The predicted molar refractivity (Wildman–Crippen MR) is 88.9 cm³/mol. The zero-order valence-corrected chi connectivity index (χ0v) is 14.5. The first-order valence-corrected chi connectivity index (χ1v) is 8.63. The van der Waals surface area contributed by atoms with Crippen molar-refractivity contribution in [3.63, 3.8) is 0 Å². The molecule has 2 aromatic heterocycles. The Morgan fingerprint density at radius 2 is 1.58 bits per heavy atom. The third-order valence-corrected chi connectivity index (χ3v) is 6.75. The van der Waals surface area contributed by atoms with Gasteiger partial charge in [0.05, 0.1) is 18.3 Å². The summed E-state index contributed by atoms with van der Waals surface area (Å²) < 4.78 is 6.74. The van der Waals surface area contributed by atoms with Crippen LogP contribution in [0.1, 0.15) is 31.8 Å². The molecule has 7 rings (SSSR count). The number of hydrogen-bond donors (Lipinski definition) is 0. The van der Waals surface area contributed by atoms with E-state index in [9.17, 15) is 19.2 Å². The Labute approximate surface area is 145 Å². The quantitative estimate of drug-likeness (QED) is 0.519. The first-order chi connectivity index (χ1) is 12.3. The van der Waals surface area contributed by atoms with Gasteiger partial charge in [0.2, 0.25) is 0 Å². The summed E-state index contributed by atoms with van der Waals surface area (Å²) in [7, 11) is 2.93. The molecule has 1 aliphatic carbocycles. The van der Waals surface area contributed by atoms with Crippen LogP contribution >= 0.6 is 0 Å². The van der Waals surface area contributed by atoms with E-state index in [0.29, 0.717) is 13.0 Å². The minimum Gasteiger partial charge on any atom is -0.261 e. The van der Waals surface area contributed by atoms with Crippen LogP contribution in [0, 0.1) is 0 Å². The molecule has 11 nitrogen and oxygen atoms in total. The molecule has 11 heteroatoms. The van der Waals surface area contributed by atoms with Crippen LogP contribution in [0.25, 0.3) is 0 Å². The Hall–Kier alpha value is -2.98. The molecule has 3 atom stereocenters. The molecule has 0 radical (unpaired) electrons. The Kier molecular flexibility index (Phi) is 2.04. The molecule has 136 valence electrons. The molecular formula is C15H17N7O4. The number of allylic oxidation sites excluding steroid dienone is 2. The number of rotatable bonds is 0. The standard InChI is InChI=1S/C15H17N7O4/c1-7-8-4-5-15(21-13(25)16(2)11(23)19(8)21)9-6-18(10(7)15)22-14(26)17(3)12(24)20(9)22/h8-9H,4-6H2,1-3H3/t8?,9-,15?/m1/s1. The predicted octanol–water partition coefficient (Wildman–Crippen LogP) is -2.47. The smallest absolute Gasteiger partial charge is 0.261 e. The number of fused-ring (bicyclic) bond motifs is 6. The lowest BCUT2D eigenvalue weighted by molar-refractivity contribution is 0.0811. The summed E-state index contributed by atoms with van der Waals surface area (Å²) in [6, 6.07) is -0.604. The van der Waals surface area contributed by atoms with Gasteiger partial charge in [-0.25, -0.2) is 42.4 Å². The van der Waals surface area contributed by atoms with Gasteiger partial charge in [-0.3, -0.25) is 5.01 Å². The summed E-state index contributed by atoms with van der Waals surface area (Å²) >= 11 is 0. The Bertz CT molecular complexity index is 1310. The van der Waals surface area contributed by atoms with Crippen LogP contribution < -0.4 is 27.8 Å². The second-order valence-electron chi connectivity index (χ2n) is 7.65. The van der Waals surface area contributed by atoms with Gasteiger partial charge in [-0.15, -0.1) is 4.79 Å². The lowest BCUT2D eigenvalue weighted by atomic mass is 9.74. The zero-order chi connectivity index (χ0) is 18.3. The maximum absolute atomic E-state index is 12.9. The highest BCUT2D eigenvalue weighted by Gasteiger charge is 2.66.